The van der Waals surface area contributed by atoms with Gasteiger partial charge in [-0.2, -0.15) is 0 Å². The Hall–Kier alpha value is -2.07. The zero-order valence-electron chi connectivity index (χ0n) is 11.4. The van der Waals surface area contributed by atoms with Gasteiger partial charge in [-0.05, 0) is 30.7 Å². The molecule has 0 aliphatic rings. The number of nitrogens with zero attached hydrogens (tertiary/aromatic N) is 1. The lowest BCUT2D eigenvalue weighted by Crippen LogP contribution is -2.06. The zero-order chi connectivity index (χ0) is 13.8. The first kappa shape index (κ1) is 13.4. The van der Waals surface area contributed by atoms with Crippen LogP contribution in [-0.2, 0) is 0 Å². The van der Waals surface area contributed by atoms with Crippen molar-refractivity contribution in [3.8, 4) is 22.6 Å². The van der Waals surface area contributed by atoms with E-state index in [-0.39, 0.29) is 6.04 Å². The molecule has 1 aromatic carbocycles. The lowest BCUT2D eigenvalue weighted by molar-refractivity contribution is 0.355. The summed E-state index contributed by atoms with van der Waals surface area (Å²) in [5.41, 5.74) is 8.87. The fourth-order valence-corrected chi connectivity index (χ4v) is 1.99. The van der Waals surface area contributed by atoms with Gasteiger partial charge in [0.1, 0.15) is 0 Å². The van der Waals surface area contributed by atoms with Gasteiger partial charge in [0.15, 0.2) is 11.5 Å². The third kappa shape index (κ3) is 2.69. The fraction of sp³-hybridized carbons (Fsp3) is 0.267. The molecule has 1 heterocycles. The molecule has 2 N–H and O–H groups in total. The Balaban J connectivity index is 2.66. The topological polar surface area (TPSA) is 57.4 Å². The molecule has 0 amide bonds. The molecule has 0 aliphatic carbocycles. The minimum absolute atomic E-state index is 0.0739. The van der Waals surface area contributed by atoms with Gasteiger partial charge in [0.2, 0.25) is 0 Å². The van der Waals surface area contributed by atoms with E-state index in [4.69, 9.17) is 15.2 Å². The van der Waals surface area contributed by atoms with Crippen LogP contribution in [-0.4, -0.2) is 19.2 Å². The molecule has 4 heteroatoms. The van der Waals surface area contributed by atoms with E-state index < -0.39 is 0 Å². The minimum atomic E-state index is -0.0739. The first-order chi connectivity index (χ1) is 9.17. The Morgan fingerprint density at radius 1 is 1.21 bits per heavy atom. The van der Waals surface area contributed by atoms with Gasteiger partial charge >= 0.3 is 0 Å². The molecule has 19 heavy (non-hydrogen) atoms. The standard InChI is InChI=1S/C15H18N2O2/c1-10(16)12-7-13(11-5-4-6-17-9-11)15(19-3)14(8-12)18-2/h4-10H,16H2,1-3H3. The van der Waals surface area contributed by atoms with Gasteiger partial charge in [0.05, 0.1) is 14.2 Å². The van der Waals surface area contributed by atoms with Gasteiger partial charge in [0, 0.05) is 29.6 Å². The van der Waals surface area contributed by atoms with Gasteiger partial charge in [0.25, 0.3) is 0 Å². The van der Waals surface area contributed by atoms with Crippen LogP contribution in [0.1, 0.15) is 18.5 Å². The summed E-state index contributed by atoms with van der Waals surface area (Å²) in [7, 11) is 3.25. The van der Waals surface area contributed by atoms with Gasteiger partial charge in [-0.1, -0.05) is 6.07 Å². The first-order valence-electron chi connectivity index (χ1n) is 6.09. The molecule has 0 fully saturated rings. The Morgan fingerprint density at radius 3 is 2.53 bits per heavy atom. The smallest absolute Gasteiger partial charge is 0.168 e. The van der Waals surface area contributed by atoms with Crippen LogP contribution in [0.15, 0.2) is 36.7 Å². The summed E-state index contributed by atoms with van der Waals surface area (Å²) >= 11 is 0. The number of ether oxygens (including phenoxy) is 2. The summed E-state index contributed by atoms with van der Waals surface area (Å²) in [5, 5.41) is 0. The molecule has 1 aromatic heterocycles. The molecule has 0 spiro atoms. The van der Waals surface area contributed by atoms with E-state index in [1.165, 1.54) is 0 Å². The predicted octanol–water partition coefficient (Wildman–Crippen LogP) is 2.79. The lowest BCUT2D eigenvalue weighted by atomic mass is 9.99. The Labute approximate surface area is 113 Å². The number of aromatic nitrogens is 1. The normalized spacial score (nSPS) is 12.0. The molecule has 2 aromatic rings. The molecule has 100 valence electrons. The SMILES string of the molecule is COc1cc(C(C)N)cc(-c2cccnc2)c1OC. The number of methoxy groups -OCH3 is 2. The van der Waals surface area contributed by atoms with Gasteiger partial charge in [-0.25, -0.2) is 0 Å². The number of nitrogens with two attached hydrogens (primary N) is 1. The Kier molecular flexibility index (Phi) is 4.02. The second-order valence-electron chi connectivity index (χ2n) is 4.33. The third-order valence-electron chi connectivity index (χ3n) is 3.00. The average Bonchev–Trinajstić information content (AvgIpc) is 2.46. The molecule has 0 aliphatic heterocycles. The van der Waals surface area contributed by atoms with Gasteiger partial charge in [-0.15, -0.1) is 0 Å². The van der Waals surface area contributed by atoms with Crippen molar-refractivity contribution < 1.29 is 9.47 Å². The Bertz CT molecular complexity index is 554. The number of hydrogen-bond donors (Lipinski definition) is 1. The monoisotopic (exact) mass is 258 g/mol. The van der Waals surface area contributed by atoms with E-state index in [2.05, 4.69) is 4.98 Å². The van der Waals surface area contributed by atoms with Crippen LogP contribution >= 0.6 is 0 Å². The van der Waals surface area contributed by atoms with Crippen LogP contribution in [0.4, 0.5) is 0 Å². The minimum Gasteiger partial charge on any atom is -0.493 e. The maximum Gasteiger partial charge on any atom is 0.168 e. The molecular weight excluding hydrogens is 240 g/mol. The molecule has 2 rings (SSSR count). The van der Waals surface area contributed by atoms with Gasteiger partial charge in [-0.3, -0.25) is 4.98 Å². The second kappa shape index (κ2) is 5.71. The van der Waals surface area contributed by atoms with Crippen LogP contribution in [0, 0.1) is 0 Å². The van der Waals surface area contributed by atoms with Crippen molar-refractivity contribution >= 4 is 0 Å². The van der Waals surface area contributed by atoms with Crippen molar-refractivity contribution in [1.29, 1.82) is 0 Å². The summed E-state index contributed by atoms with van der Waals surface area (Å²) in [5.74, 6) is 1.37. The van der Waals surface area contributed by atoms with Crippen molar-refractivity contribution in [3.05, 3.63) is 42.2 Å². The van der Waals surface area contributed by atoms with E-state index in [1.54, 1.807) is 26.6 Å². The predicted molar refractivity (Wildman–Crippen MR) is 75.4 cm³/mol. The first-order valence-corrected chi connectivity index (χ1v) is 6.09. The van der Waals surface area contributed by atoms with E-state index in [9.17, 15) is 0 Å². The van der Waals surface area contributed by atoms with Crippen molar-refractivity contribution in [2.45, 2.75) is 13.0 Å². The summed E-state index contributed by atoms with van der Waals surface area (Å²) in [6.07, 6.45) is 3.53. The number of benzene rings is 1. The van der Waals surface area contributed by atoms with Crippen LogP contribution in [0.3, 0.4) is 0 Å². The van der Waals surface area contributed by atoms with E-state index in [1.807, 2.05) is 31.2 Å². The molecule has 1 atom stereocenters. The quantitative estimate of drug-likeness (QED) is 0.916. The zero-order valence-corrected chi connectivity index (χ0v) is 11.4. The van der Waals surface area contributed by atoms with Crippen LogP contribution in [0.25, 0.3) is 11.1 Å². The molecule has 4 nitrogen and oxygen atoms in total. The summed E-state index contributed by atoms with van der Waals surface area (Å²) in [6.45, 7) is 1.94. The van der Waals surface area contributed by atoms with Crippen LogP contribution in [0.2, 0.25) is 0 Å². The lowest BCUT2D eigenvalue weighted by Gasteiger charge is -2.16. The molecule has 0 saturated carbocycles. The highest BCUT2D eigenvalue weighted by atomic mass is 16.5. The van der Waals surface area contributed by atoms with E-state index in [0.717, 1.165) is 16.7 Å². The van der Waals surface area contributed by atoms with Crippen LogP contribution in [0.5, 0.6) is 11.5 Å². The largest absolute Gasteiger partial charge is 0.493 e. The Morgan fingerprint density at radius 2 is 2.00 bits per heavy atom. The van der Waals surface area contributed by atoms with E-state index >= 15 is 0 Å². The molecular formula is C15H18N2O2. The highest BCUT2D eigenvalue weighted by Crippen LogP contribution is 2.39. The van der Waals surface area contributed by atoms with Gasteiger partial charge < -0.3 is 15.2 Å². The average molecular weight is 258 g/mol. The number of rotatable bonds is 4. The number of hydrogen-bond acceptors (Lipinski definition) is 4. The van der Waals surface area contributed by atoms with E-state index in [0.29, 0.717) is 11.5 Å². The molecule has 1 unspecified atom stereocenters. The van der Waals surface area contributed by atoms with Crippen molar-refractivity contribution in [2.75, 3.05) is 14.2 Å². The van der Waals surface area contributed by atoms with Crippen molar-refractivity contribution in [2.24, 2.45) is 5.73 Å². The van der Waals surface area contributed by atoms with Crippen LogP contribution < -0.4 is 15.2 Å². The molecule has 0 bridgehead atoms. The molecule has 0 saturated heterocycles. The highest BCUT2D eigenvalue weighted by Gasteiger charge is 2.15. The summed E-state index contributed by atoms with van der Waals surface area (Å²) in [4.78, 5) is 4.14. The maximum atomic E-state index is 5.96. The summed E-state index contributed by atoms with van der Waals surface area (Å²) < 4.78 is 10.9. The van der Waals surface area contributed by atoms with Crippen molar-refractivity contribution in [3.63, 3.8) is 0 Å². The maximum absolute atomic E-state index is 5.96. The number of pyridine rings is 1. The molecule has 0 radical (unpaired) electrons. The van der Waals surface area contributed by atoms with Crippen molar-refractivity contribution in [1.82, 2.24) is 4.98 Å². The second-order valence-corrected chi connectivity index (χ2v) is 4.33. The third-order valence-corrected chi connectivity index (χ3v) is 3.00. The fourth-order valence-electron chi connectivity index (χ4n) is 1.99. The summed E-state index contributed by atoms with van der Waals surface area (Å²) in [6, 6.07) is 7.72. The highest BCUT2D eigenvalue weighted by molar-refractivity contribution is 5.74.